The first-order valence-corrected chi connectivity index (χ1v) is 8.88. The highest BCUT2D eigenvalue weighted by molar-refractivity contribution is 6.31. The van der Waals surface area contributed by atoms with Crippen LogP contribution in [0, 0.1) is 0 Å². The van der Waals surface area contributed by atoms with Crippen molar-refractivity contribution in [2.45, 2.75) is 19.7 Å². The molecule has 0 unspecified atom stereocenters. The molecule has 128 valence electrons. The van der Waals surface area contributed by atoms with Crippen LogP contribution in [0.25, 0.3) is 0 Å². The second kappa shape index (κ2) is 8.91. The van der Waals surface area contributed by atoms with Gasteiger partial charge in [-0.3, -0.25) is 0 Å². The molecule has 0 aromatic heterocycles. The van der Waals surface area contributed by atoms with E-state index in [9.17, 15) is 0 Å². The number of benzene rings is 3. The Morgan fingerprint density at radius 3 is 1.84 bits per heavy atom. The molecule has 0 aliphatic heterocycles. The lowest BCUT2D eigenvalue weighted by atomic mass is 10.1. The number of ether oxygens (including phenoxy) is 1. The first-order chi connectivity index (χ1) is 12.2. The Labute approximate surface area is 158 Å². The van der Waals surface area contributed by atoms with Crippen molar-refractivity contribution in [1.82, 2.24) is 5.32 Å². The molecule has 0 heterocycles. The van der Waals surface area contributed by atoms with E-state index in [-0.39, 0.29) is 0 Å². The van der Waals surface area contributed by atoms with Gasteiger partial charge in [0.15, 0.2) is 0 Å². The van der Waals surface area contributed by atoms with Crippen molar-refractivity contribution in [2.75, 3.05) is 0 Å². The van der Waals surface area contributed by atoms with Crippen molar-refractivity contribution in [1.29, 1.82) is 0 Å². The molecule has 3 rings (SSSR count). The summed E-state index contributed by atoms with van der Waals surface area (Å²) >= 11 is 12.4. The molecule has 3 aromatic rings. The van der Waals surface area contributed by atoms with Gasteiger partial charge in [0.1, 0.15) is 12.4 Å². The summed E-state index contributed by atoms with van der Waals surface area (Å²) in [5.41, 5.74) is 3.16. The molecule has 1 N–H and O–H groups in total. The Hall–Kier alpha value is -2.00. The molecule has 0 aliphatic carbocycles. The SMILES string of the molecule is Clc1ccccc1CNCc1ccccc1OCc1ccccc1Cl. The fraction of sp³-hybridized carbons (Fsp3) is 0.143. The minimum Gasteiger partial charge on any atom is -0.489 e. The predicted molar refractivity (Wildman–Crippen MR) is 104 cm³/mol. The number of hydrogen-bond acceptors (Lipinski definition) is 2. The van der Waals surface area contributed by atoms with Crippen LogP contribution in [0.5, 0.6) is 5.75 Å². The Kier molecular flexibility index (Phi) is 6.35. The topological polar surface area (TPSA) is 21.3 Å². The van der Waals surface area contributed by atoms with E-state index < -0.39 is 0 Å². The molecule has 0 fully saturated rings. The van der Waals surface area contributed by atoms with Crippen LogP contribution in [0.2, 0.25) is 10.0 Å². The van der Waals surface area contributed by atoms with Crippen LogP contribution in [-0.4, -0.2) is 0 Å². The molecular formula is C21H19Cl2NO. The van der Waals surface area contributed by atoms with Gasteiger partial charge in [0.05, 0.1) is 0 Å². The lowest BCUT2D eigenvalue weighted by Crippen LogP contribution is -2.14. The van der Waals surface area contributed by atoms with Crippen molar-refractivity contribution in [2.24, 2.45) is 0 Å². The summed E-state index contributed by atoms with van der Waals surface area (Å²) in [6, 6.07) is 23.6. The van der Waals surface area contributed by atoms with Crippen LogP contribution < -0.4 is 10.1 Å². The van der Waals surface area contributed by atoms with Crippen LogP contribution in [0.4, 0.5) is 0 Å². The van der Waals surface area contributed by atoms with E-state index in [1.165, 1.54) is 0 Å². The summed E-state index contributed by atoms with van der Waals surface area (Å²) in [7, 11) is 0. The van der Waals surface area contributed by atoms with E-state index >= 15 is 0 Å². The van der Waals surface area contributed by atoms with Crippen LogP contribution >= 0.6 is 23.2 Å². The molecule has 0 saturated carbocycles. The minimum atomic E-state index is 0.446. The van der Waals surface area contributed by atoms with E-state index in [0.717, 1.165) is 32.5 Å². The monoisotopic (exact) mass is 371 g/mol. The van der Waals surface area contributed by atoms with Crippen LogP contribution in [0.3, 0.4) is 0 Å². The summed E-state index contributed by atoms with van der Waals surface area (Å²) in [5.74, 6) is 0.856. The summed E-state index contributed by atoms with van der Waals surface area (Å²) < 4.78 is 5.98. The highest BCUT2D eigenvalue weighted by atomic mass is 35.5. The zero-order valence-electron chi connectivity index (χ0n) is 13.7. The Morgan fingerprint density at radius 2 is 1.16 bits per heavy atom. The Morgan fingerprint density at radius 1 is 0.640 bits per heavy atom. The summed E-state index contributed by atoms with van der Waals surface area (Å²) in [6.07, 6.45) is 0. The first kappa shape index (κ1) is 17.8. The fourth-order valence-corrected chi connectivity index (χ4v) is 2.93. The lowest BCUT2D eigenvalue weighted by Gasteiger charge is -2.13. The summed E-state index contributed by atoms with van der Waals surface area (Å²) in [4.78, 5) is 0. The zero-order chi connectivity index (χ0) is 17.5. The van der Waals surface area contributed by atoms with Gasteiger partial charge < -0.3 is 10.1 Å². The average Bonchev–Trinajstić information content (AvgIpc) is 2.64. The van der Waals surface area contributed by atoms with Gasteiger partial charge in [0.2, 0.25) is 0 Å². The third-order valence-corrected chi connectivity index (χ3v) is 4.64. The van der Waals surface area contributed by atoms with Crippen molar-refractivity contribution in [3.8, 4) is 5.75 Å². The minimum absolute atomic E-state index is 0.446. The number of rotatable bonds is 7. The Balaban J connectivity index is 1.61. The molecule has 0 spiro atoms. The second-order valence-electron chi connectivity index (χ2n) is 5.68. The number of halogens is 2. The van der Waals surface area contributed by atoms with Gasteiger partial charge in [-0.1, -0.05) is 77.8 Å². The van der Waals surface area contributed by atoms with E-state index in [1.807, 2.05) is 66.7 Å². The van der Waals surface area contributed by atoms with E-state index in [1.54, 1.807) is 0 Å². The summed E-state index contributed by atoms with van der Waals surface area (Å²) in [5, 5.41) is 4.91. The van der Waals surface area contributed by atoms with Gasteiger partial charge in [-0.25, -0.2) is 0 Å². The van der Waals surface area contributed by atoms with Crippen molar-refractivity contribution >= 4 is 23.2 Å². The highest BCUT2D eigenvalue weighted by Gasteiger charge is 2.06. The van der Waals surface area contributed by atoms with Crippen LogP contribution in [-0.2, 0) is 19.7 Å². The van der Waals surface area contributed by atoms with Gasteiger partial charge in [0, 0.05) is 34.3 Å². The predicted octanol–water partition coefficient (Wildman–Crippen LogP) is 5.86. The lowest BCUT2D eigenvalue weighted by molar-refractivity contribution is 0.302. The average molecular weight is 372 g/mol. The number of para-hydroxylation sites is 1. The number of hydrogen-bond donors (Lipinski definition) is 1. The highest BCUT2D eigenvalue weighted by Crippen LogP contribution is 2.22. The maximum absolute atomic E-state index is 6.19. The third kappa shape index (κ3) is 4.99. The molecule has 0 radical (unpaired) electrons. The van der Waals surface area contributed by atoms with Gasteiger partial charge >= 0.3 is 0 Å². The van der Waals surface area contributed by atoms with Gasteiger partial charge in [-0.2, -0.15) is 0 Å². The maximum atomic E-state index is 6.19. The molecule has 25 heavy (non-hydrogen) atoms. The zero-order valence-corrected chi connectivity index (χ0v) is 15.2. The van der Waals surface area contributed by atoms with E-state index in [0.29, 0.717) is 19.7 Å². The summed E-state index contributed by atoms with van der Waals surface area (Å²) in [6.45, 7) is 1.85. The molecular weight excluding hydrogens is 353 g/mol. The van der Waals surface area contributed by atoms with Gasteiger partial charge in [-0.05, 0) is 23.8 Å². The van der Waals surface area contributed by atoms with Crippen LogP contribution in [0.1, 0.15) is 16.7 Å². The maximum Gasteiger partial charge on any atom is 0.124 e. The smallest absolute Gasteiger partial charge is 0.124 e. The molecule has 3 aromatic carbocycles. The van der Waals surface area contributed by atoms with Crippen molar-refractivity contribution in [3.05, 3.63) is 99.5 Å². The van der Waals surface area contributed by atoms with E-state index in [4.69, 9.17) is 27.9 Å². The second-order valence-corrected chi connectivity index (χ2v) is 6.50. The normalized spacial score (nSPS) is 10.6. The van der Waals surface area contributed by atoms with E-state index in [2.05, 4.69) is 11.4 Å². The molecule has 0 bridgehead atoms. The quantitative estimate of drug-likeness (QED) is 0.561. The standard InChI is InChI=1S/C21H19Cl2NO/c22-19-10-4-1-7-16(19)13-24-14-17-8-3-6-12-21(17)25-15-18-9-2-5-11-20(18)23/h1-12,24H,13-15H2. The molecule has 0 atom stereocenters. The van der Waals surface area contributed by atoms with Gasteiger partial charge in [-0.15, -0.1) is 0 Å². The van der Waals surface area contributed by atoms with Crippen LogP contribution in [0.15, 0.2) is 72.8 Å². The molecule has 0 amide bonds. The molecule has 4 heteroatoms. The largest absolute Gasteiger partial charge is 0.489 e. The van der Waals surface area contributed by atoms with Gasteiger partial charge in [0.25, 0.3) is 0 Å². The molecule has 0 saturated heterocycles. The van der Waals surface area contributed by atoms with Crippen molar-refractivity contribution in [3.63, 3.8) is 0 Å². The Bertz CT molecular complexity index is 835. The first-order valence-electron chi connectivity index (χ1n) is 8.12. The van der Waals surface area contributed by atoms with Crippen molar-refractivity contribution < 1.29 is 4.74 Å². The number of nitrogens with one attached hydrogen (secondary N) is 1. The molecule has 0 aliphatic rings. The fourth-order valence-electron chi connectivity index (χ4n) is 2.54. The molecule has 2 nitrogen and oxygen atoms in total. The third-order valence-electron chi connectivity index (χ3n) is 3.90.